The average Bonchev–Trinajstić information content (AvgIpc) is 3.26. The molecule has 1 unspecified atom stereocenters. The van der Waals surface area contributed by atoms with E-state index in [0.717, 1.165) is 83.5 Å². The zero-order valence-electron chi connectivity index (χ0n) is 40.7. The molecule has 61 heavy (non-hydrogen) atoms. The molecule has 0 rings (SSSR count). The smallest absolute Gasteiger partial charge is 0.306 e. The molecular formula is C55H100O6. The van der Waals surface area contributed by atoms with Crippen LogP contribution in [0, 0.1) is 0 Å². The molecule has 0 aliphatic carbocycles. The van der Waals surface area contributed by atoms with Crippen molar-refractivity contribution < 1.29 is 28.6 Å². The molecule has 0 heterocycles. The summed E-state index contributed by atoms with van der Waals surface area (Å²) in [4.78, 5) is 37.9. The molecule has 1 atom stereocenters. The molecule has 0 spiro atoms. The molecule has 0 aliphatic rings. The molecule has 0 aromatic heterocycles. The third-order valence-electron chi connectivity index (χ3n) is 11.6. The Hall–Kier alpha value is -2.37. The second-order valence-electron chi connectivity index (χ2n) is 17.8. The first kappa shape index (κ1) is 58.6. The minimum absolute atomic E-state index is 0.0763. The number of carbonyl (C=O) groups is 3. The van der Waals surface area contributed by atoms with Gasteiger partial charge in [-0.05, 0) is 77.0 Å². The summed E-state index contributed by atoms with van der Waals surface area (Å²) in [5.74, 6) is -0.887. The molecule has 0 bridgehead atoms. The number of rotatable bonds is 48. The fourth-order valence-electron chi connectivity index (χ4n) is 7.59. The zero-order chi connectivity index (χ0) is 44.4. The zero-order valence-corrected chi connectivity index (χ0v) is 40.7. The van der Waals surface area contributed by atoms with E-state index >= 15 is 0 Å². The molecule has 6 nitrogen and oxygen atoms in total. The third-order valence-corrected chi connectivity index (χ3v) is 11.6. The molecular weight excluding hydrogens is 757 g/mol. The first-order valence-corrected chi connectivity index (χ1v) is 26.5. The fraction of sp³-hybridized carbons (Fsp3) is 0.836. The molecule has 0 fully saturated rings. The number of unbranched alkanes of at least 4 members (excludes halogenated alkanes) is 31. The van der Waals surface area contributed by atoms with Crippen molar-refractivity contribution in [1.82, 2.24) is 0 Å². The van der Waals surface area contributed by atoms with Crippen molar-refractivity contribution in [3.05, 3.63) is 36.5 Å². The van der Waals surface area contributed by atoms with E-state index < -0.39 is 6.10 Å². The van der Waals surface area contributed by atoms with Crippen LogP contribution in [0.25, 0.3) is 0 Å². The monoisotopic (exact) mass is 857 g/mol. The Morgan fingerprint density at radius 3 is 0.934 bits per heavy atom. The van der Waals surface area contributed by atoms with Crippen LogP contribution in [0.15, 0.2) is 36.5 Å². The summed E-state index contributed by atoms with van der Waals surface area (Å²) < 4.78 is 16.8. The van der Waals surface area contributed by atoms with Gasteiger partial charge in [0.1, 0.15) is 13.2 Å². The molecule has 0 radical (unpaired) electrons. The van der Waals surface area contributed by atoms with Gasteiger partial charge in [0.2, 0.25) is 0 Å². The van der Waals surface area contributed by atoms with Crippen molar-refractivity contribution in [1.29, 1.82) is 0 Å². The highest BCUT2D eigenvalue weighted by Crippen LogP contribution is 2.15. The number of allylic oxidation sites excluding steroid dienone is 6. The number of esters is 3. The number of hydrogen-bond donors (Lipinski definition) is 0. The lowest BCUT2D eigenvalue weighted by Gasteiger charge is -2.18. The average molecular weight is 857 g/mol. The maximum absolute atomic E-state index is 12.8. The Morgan fingerprint density at radius 2 is 0.590 bits per heavy atom. The van der Waals surface area contributed by atoms with E-state index in [-0.39, 0.29) is 31.1 Å². The van der Waals surface area contributed by atoms with Crippen LogP contribution in [0.4, 0.5) is 0 Å². The maximum Gasteiger partial charge on any atom is 0.306 e. The first-order valence-electron chi connectivity index (χ1n) is 26.5. The highest BCUT2D eigenvalue weighted by atomic mass is 16.6. The van der Waals surface area contributed by atoms with Crippen molar-refractivity contribution in [2.24, 2.45) is 0 Å². The van der Waals surface area contributed by atoms with Gasteiger partial charge in [-0.2, -0.15) is 0 Å². The van der Waals surface area contributed by atoms with E-state index in [4.69, 9.17) is 14.2 Å². The summed E-state index contributed by atoms with van der Waals surface area (Å²) in [6.45, 7) is 6.59. The molecule has 0 aromatic rings. The summed E-state index contributed by atoms with van der Waals surface area (Å²) in [7, 11) is 0. The van der Waals surface area contributed by atoms with Crippen molar-refractivity contribution >= 4 is 17.9 Å². The third kappa shape index (κ3) is 48.5. The predicted octanol–water partition coefficient (Wildman–Crippen LogP) is 17.3. The lowest BCUT2D eigenvalue weighted by Crippen LogP contribution is -2.30. The van der Waals surface area contributed by atoms with E-state index in [1.165, 1.54) is 154 Å². The van der Waals surface area contributed by atoms with E-state index in [1.54, 1.807) is 0 Å². The number of carbonyl (C=O) groups excluding carboxylic acids is 3. The quantitative estimate of drug-likeness (QED) is 0.0262. The Balaban J connectivity index is 4.27. The van der Waals surface area contributed by atoms with Gasteiger partial charge >= 0.3 is 17.9 Å². The van der Waals surface area contributed by atoms with Crippen LogP contribution >= 0.6 is 0 Å². The van der Waals surface area contributed by atoms with Gasteiger partial charge in [0.15, 0.2) is 6.10 Å². The maximum atomic E-state index is 12.8. The van der Waals surface area contributed by atoms with Gasteiger partial charge in [0.05, 0.1) is 0 Å². The van der Waals surface area contributed by atoms with E-state index in [1.807, 2.05) is 0 Å². The van der Waals surface area contributed by atoms with Gasteiger partial charge in [0, 0.05) is 19.3 Å². The fourth-order valence-corrected chi connectivity index (χ4v) is 7.59. The van der Waals surface area contributed by atoms with Crippen LogP contribution in [0.3, 0.4) is 0 Å². The normalized spacial score (nSPS) is 12.2. The SMILES string of the molecule is CCCCCC/C=C\C/C=C\CCCCCCCC(=O)OC(COC(=O)CCCCCCCCCC)COC(=O)CCCCCCCCCCC/C=C\CCCCCCCC. The van der Waals surface area contributed by atoms with Gasteiger partial charge in [-0.3, -0.25) is 14.4 Å². The first-order chi connectivity index (χ1) is 30.0. The van der Waals surface area contributed by atoms with Gasteiger partial charge in [-0.25, -0.2) is 0 Å². The summed E-state index contributed by atoms with van der Waals surface area (Å²) in [5, 5.41) is 0. The Kier molecular flexibility index (Phi) is 48.3. The molecule has 356 valence electrons. The van der Waals surface area contributed by atoms with Crippen molar-refractivity contribution in [3.8, 4) is 0 Å². The van der Waals surface area contributed by atoms with E-state index in [2.05, 4.69) is 57.2 Å². The lowest BCUT2D eigenvalue weighted by atomic mass is 10.1. The lowest BCUT2D eigenvalue weighted by molar-refractivity contribution is -0.167. The Bertz CT molecular complexity index is 1030. The van der Waals surface area contributed by atoms with E-state index in [0.29, 0.717) is 19.3 Å². The molecule has 0 saturated heterocycles. The molecule has 0 aromatic carbocycles. The predicted molar refractivity (Wildman–Crippen MR) is 261 cm³/mol. The second kappa shape index (κ2) is 50.3. The van der Waals surface area contributed by atoms with Crippen LogP contribution in [-0.2, 0) is 28.6 Å². The molecule has 0 N–H and O–H groups in total. The van der Waals surface area contributed by atoms with Crippen LogP contribution in [0.2, 0.25) is 0 Å². The van der Waals surface area contributed by atoms with Gasteiger partial charge < -0.3 is 14.2 Å². The second-order valence-corrected chi connectivity index (χ2v) is 17.8. The highest BCUT2D eigenvalue weighted by Gasteiger charge is 2.19. The summed E-state index contributed by atoms with van der Waals surface area (Å²) >= 11 is 0. The molecule has 0 saturated carbocycles. The molecule has 0 amide bonds. The standard InChI is InChI=1S/C55H100O6/c1-4-7-10-13-16-19-21-23-25-27-28-29-31-32-34-36-39-42-45-48-54(57)60-51-52(50-59-53(56)47-44-41-38-18-15-12-9-6-3)61-55(58)49-46-43-40-37-35-33-30-26-24-22-20-17-14-11-8-5-2/h20,22-23,25-26,30,52H,4-19,21,24,27-29,31-51H2,1-3H3/b22-20-,25-23-,30-26-. The van der Waals surface area contributed by atoms with Crippen LogP contribution in [-0.4, -0.2) is 37.2 Å². The van der Waals surface area contributed by atoms with Crippen LogP contribution < -0.4 is 0 Å². The van der Waals surface area contributed by atoms with Gasteiger partial charge in [-0.1, -0.05) is 218 Å². The number of ether oxygens (including phenoxy) is 3. The largest absolute Gasteiger partial charge is 0.462 e. The summed E-state index contributed by atoms with van der Waals surface area (Å²) in [6.07, 6.45) is 58.5. The van der Waals surface area contributed by atoms with Crippen LogP contribution in [0.1, 0.15) is 278 Å². The van der Waals surface area contributed by atoms with E-state index in [9.17, 15) is 14.4 Å². The summed E-state index contributed by atoms with van der Waals surface area (Å²) in [6, 6.07) is 0. The molecule has 6 heteroatoms. The van der Waals surface area contributed by atoms with Crippen molar-refractivity contribution in [2.45, 2.75) is 284 Å². The Labute approximate surface area is 378 Å². The minimum atomic E-state index is -0.775. The van der Waals surface area contributed by atoms with Gasteiger partial charge in [0.25, 0.3) is 0 Å². The highest BCUT2D eigenvalue weighted by molar-refractivity contribution is 5.71. The topological polar surface area (TPSA) is 78.9 Å². The van der Waals surface area contributed by atoms with Crippen molar-refractivity contribution in [2.75, 3.05) is 13.2 Å². The number of hydrogen-bond acceptors (Lipinski definition) is 6. The minimum Gasteiger partial charge on any atom is -0.462 e. The Morgan fingerprint density at radius 1 is 0.328 bits per heavy atom. The van der Waals surface area contributed by atoms with Gasteiger partial charge in [-0.15, -0.1) is 0 Å². The summed E-state index contributed by atoms with van der Waals surface area (Å²) in [5.41, 5.74) is 0. The van der Waals surface area contributed by atoms with Crippen molar-refractivity contribution in [3.63, 3.8) is 0 Å². The molecule has 0 aliphatic heterocycles. The van der Waals surface area contributed by atoms with Crippen LogP contribution in [0.5, 0.6) is 0 Å².